The highest BCUT2D eigenvalue weighted by atomic mass is 15.6. The van der Waals surface area contributed by atoms with Crippen LogP contribution in [0.1, 0.15) is 19.3 Å². The number of rotatable bonds is 2. The first-order chi connectivity index (χ1) is 5.90. The standard InChI is InChI=1S/C8H18N4/c9-10-12-6-3-8(7-12)11-4-1-2-5-11/h8,10H,1-7,9H2. The van der Waals surface area contributed by atoms with Crippen molar-refractivity contribution in [2.45, 2.75) is 25.3 Å². The third-order valence-corrected chi connectivity index (χ3v) is 3.00. The van der Waals surface area contributed by atoms with E-state index in [1.165, 1.54) is 32.4 Å². The van der Waals surface area contributed by atoms with Gasteiger partial charge in [-0.15, -0.1) is 0 Å². The molecule has 1 unspecified atom stereocenters. The Balaban J connectivity index is 1.81. The monoisotopic (exact) mass is 170 g/mol. The summed E-state index contributed by atoms with van der Waals surface area (Å²) in [4.78, 5) is 2.59. The molecule has 2 heterocycles. The maximum Gasteiger partial charge on any atom is 0.0301 e. The van der Waals surface area contributed by atoms with E-state index in [1.807, 2.05) is 0 Å². The molecular formula is C8H18N4. The van der Waals surface area contributed by atoms with Gasteiger partial charge in [0.25, 0.3) is 0 Å². The zero-order valence-electron chi connectivity index (χ0n) is 7.50. The zero-order chi connectivity index (χ0) is 8.39. The number of hydrazine groups is 2. The van der Waals surface area contributed by atoms with E-state index in [1.54, 1.807) is 0 Å². The predicted octanol–water partition coefficient (Wildman–Crippen LogP) is -0.465. The third kappa shape index (κ3) is 1.61. The van der Waals surface area contributed by atoms with Crippen LogP contribution in [0.3, 0.4) is 0 Å². The number of hydrogen-bond donors (Lipinski definition) is 2. The van der Waals surface area contributed by atoms with E-state index in [0.29, 0.717) is 0 Å². The molecule has 0 aromatic heterocycles. The van der Waals surface area contributed by atoms with E-state index in [4.69, 9.17) is 5.84 Å². The second-order valence-electron chi connectivity index (χ2n) is 3.76. The minimum Gasteiger partial charge on any atom is -0.299 e. The van der Waals surface area contributed by atoms with Crippen molar-refractivity contribution in [2.75, 3.05) is 26.2 Å². The van der Waals surface area contributed by atoms with E-state index >= 15 is 0 Å². The molecule has 0 spiro atoms. The minimum atomic E-state index is 0.753. The van der Waals surface area contributed by atoms with Crippen LogP contribution in [0, 0.1) is 0 Å². The number of nitrogens with two attached hydrogens (primary N) is 1. The normalized spacial score (nSPS) is 33.2. The Kier molecular flexibility index (Phi) is 2.60. The molecule has 1 atom stereocenters. The van der Waals surface area contributed by atoms with Gasteiger partial charge in [0.2, 0.25) is 0 Å². The molecule has 70 valence electrons. The van der Waals surface area contributed by atoms with Crippen molar-refractivity contribution in [2.24, 2.45) is 5.84 Å². The summed E-state index contributed by atoms with van der Waals surface area (Å²) < 4.78 is 0. The molecule has 2 fully saturated rings. The van der Waals surface area contributed by atoms with Crippen LogP contribution >= 0.6 is 0 Å². The van der Waals surface area contributed by atoms with Crippen LogP contribution in [0.25, 0.3) is 0 Å². The summed E-state index contributed by atoms with van der Waals surface area (Å²) in [7, 11) is 0. The third-order valence-electron chi connectivity index (χ3n) is 3.00. The Morgan fingerprint density at radius 1 is 1.17 bits per heavy atom. The van der Waals surface area contributed by atoms with Crippen LogP contribution in [0.15, 0.2) is 0 Å². The largest absolute Gasteiger partial charge is 0.299 e. The van der Waals surface area contributed by atoms with Crippen LogP contribution in [0.5, 0.6) is 0 Å². The van der Waals surface area contributed by atoms with Crippen molar-refractivity contribution in [3.05, 3.63) is 0 Å². The van der Waals surface area contributed by atoms with Gasteiger partial charge >= 0.3 is 0 Å². The first kappa shape index (κ1) is 8.44. The van der Waals surface area contributed by atoms with E-state index in [2.05, 4.69) is 15.4 Å². The topological polar surface area (TPSA) is 44.5 Å². The molecule has 2 rings (SSSR count). The number of nitrogens with zero attached hydrogens (tertiary/aromatic N) is 2. The maximum absolute atomic E-state index is 5.35. The Morgan fingerprint density at radius 3 is 2.50 bits per heavy atom. The van der Waals surface area contributed by atoms with Gasteiger partial charge < -0.3 is 0 Å². The van der Waals surface area contributed by atoms with Gasteiger partial charge in [-0.2, -0.15) is 5.53 Å². The Morgan fingerprint density at radius 2 is 1.92 bits per heavy atom. The molecule has 12 heavy (non-hydrogen) atoms. The van der Waals surface area contributed by atoms with E-state index in [9.17, 15) is 0 Å². The molecule has 0 aliphatic carbocycles. The maximum atomic E-state index is 5.35. The Bertz CT molecular complexity index is 144. The molecule has 0 aromatic carbocycles. The van der Waals surface area contributed by atoms with Crippen LogP contribution < -0.4 is 11.4 Å². The van der Waals surface area contributed by atoms with Gasteiger partial charge in [0, 0.05) is 19.1 Å². The number of nitrogens with one attached hydrogen (secondary N) is 1. The van der Waals surface area contributed by atoms with Crippen LogP contribution in [-0.4, -0.2) is 42.1 Å². The summed E-state index contributed by atoms with van der Waals surface area (Å²) >= 11 is 0. The van der Waals surface area contributed by atoms with Gasteiger partial charge in [0.05, 0.1) is 0 Å². The van der Waals surface area contributed by atoms with E-state index < -0.39 is 0 Å². The van der Waals surface area contributed by atoms with Gasteiger partial charge in [-0.1, -0.05) is 0 Å². The molecule has 0 amide bonds. The average molecular weight is 170 g/mol. The van der Waals surface area contributed by atoms with Crippen LogP contribution in [-0.2, 0) is 0 Å². The molecule has 3 N–H and O–H groups in total. The fraction of sp³-hybridized carbons (Fsp3) is 1.00. The summed E-state index contributed by atoms with van der Waals surface area (Å²) in [6.07, 6.45) is 4.03. The lowest BCUT2D eigenvalue weighted by molar-refractivity contribution is 0.195. The highest BCUT2D eigenvalue weighted by molar-refractivity contribution is 4.83. The van der Waals surface area contributed by atoms with Crippen molar-refractivity contribution >= 4 is 0 Å². The van der Waals surface area contributed by atoms with Gasteiger partial charge in [-0.25, -0.2) is 5.01 Å². The number of hydrogen-bond acceptors (Lipinski definition) is 4. The SMILES string of the molecule is NNN1CCC(N2CCCC2)C1. The fourth-order valence-electron chi connectivity index (χ4n) is 2.26. The predicted molar refractivity (Wildman–Crippen MR) is 48.1 cm³/mol. The second kappa shape index (κ2) is 3.70. The molecule has 0 saturated carbocycles. The van der Waals surface area contributed by atoms with E-state index in [-0.39, 0.29) is 0 Å². The van der Waals surface area contributed by atoms with Gasteiger partial charge in [0.1, 0.15) is 0 Å². The molecular weight excluding hydrogens is 152 g/mol. The summed E-state index contributed by atoms with van der Waals surface area (Å²) in [6.45, 7) is 4.78. The van der Waals surface area contributed by atoms with Crippen molar-refractivity contribution in [1.82, 2.24) is 15.4 Å². The molecule has 0 bridgehead atoms. The quantitative estimate of drug-likeness (QED) is 0.434. The van der Waals surface area contributed by atoms with Crippen molar-refractivity contribution in [1.29, 1.82) is 0 Å². The fourth-order valence-corrected chi connectivity index (χ4v) is 2.26. The van der Waals surface area contributed by atoms with Gasteiger partial charge in [-0.05, 0) is 32.4 Å². The zero-order valence-corrected chi connectivity index (χ0v) is 7.50. The summed E-state index contributed by atoms with van der Waals surface area (Å²) in [6, 6.07) is 0.753. The Labute approximate surface area is 73.6 Å². The van der Waals surface area contributed by atoms with Crippen molar-refractivity contribution < 1.29 is 0 Å². The summed E-state index contributed by atoms with van der Waals surface area (Å²) in [5, 5.41) is 2.10. The first-order valence-corrected chi connectivity index (χ1v) is 4.85. The molecule has 2 aliphatic rings. The molecule has 4 nitrogen and oxygen atoms in total. The lowest BCUT2D eigenvalue weighted by atomic mass is 10.2. The molecule has 2 aliphatic heterocycles. The molecule has 0 radical (unpaired) electrons. The average Bonchev–Trinajstić information content (AvgIpc) is 2.75. The van der Waals surface area contributed by atoms with Crippen LogP contribution in [0.4, 0.5) is 0 Å². The van der Waals surface area contributed by atoms with E-state index in [0.717, 1.165) is 19.1 Å². The van der Waals surface area contributed by atoms with Gasteiger partial charge in [-0.3, -0.25) is 10.7 Å². The molecule has 4 heteroatoms. The van der Waals surface area contributed by atoms with Crippen molar-refractivity contribution in [3.8, 4) is 0 Å². The van der Waals surface area contributed by atoms with Gasteiger partial charge in [0.15, 0.2) is 0 Å². The highest BCUT2D eigenvalue weighted by Crippen LogP contribution is 2.18. The summed E-state index contributed by atoms with van der Waals surface area (Å²) in [5.41, 5.74) is 2.72. The smallest absolute Gasteiger partial charge is 0.0301 e. The molecule has 0 aromatic rings. The lowest BCUT2D eigenvalue weighted by Crippen LogP contribution is -2.43. The molecule has 2 saturated heterocycles. The number of likely N-dealkylation sites (tertiary alicyclic amines) is 1. The lowest BCUT2D eigenvalue weighted by Gasteiger charge is -2.23. The Hall–Kier alpha value is -0.160. The van der Waals surface area contributed by atoms with Crippen molar-refractivity contribution in [3.63, 3.8) is 0 Å². The van der Waals surface area contributed by atoms with Crippen LogP contribution in [0.2, 0.25) is 0 Å². The second-order valence-corrected chi connectivity index (χ2v) is 3.76. The minimum absolute atomic E-state index is 0.753. The highest BCUT2D eigenvalue weighted by Gasteiger charge is 2.28. The summed E-state index contributed by atoms with van der Waals surface area (Å²) in [5.74, 6) is 5.35. The first-order valence-electron chi connectivity index (χ1n) is 4.85.